The van der Waals surface area contributed by atoms with Gasteiger partial charge >= 0.3 is 0 Å². The van der Waals surface area contributed by atoms with Crippen molar-refractivity contribution < 1.29 is 17.7 Å². The first-order valence-corrected chi connectivity index (χ1v) is 17.3. The van der Waals surface area contributed by atoms with E-state index in [0.717, 1.165) is 54.7 Å². The first kappa shape index (κ1) is 29.8. The second kappa shape index (κ2) is 11.4. The van der Waals surface area contributed by atoms with Gasteiger partial charge in [0.25, 0.3) is 10.1 Å². The zero-order valence-corrected chi connectivity index (χ0v) is 27.4. The van der Waals surface area contributed by atoms with E-state index >= 15 is 0 Å². The van der Waals surface area contributed by atoms with Crippen molar-refractivity contribution in [1.29, 1.82) is 0 Å². The molecule has 0 saturated heterocycles. The summed E-state index contributed by atoms with van der Waals surface area (Å²) in [5, 5.41) is 3.87. The lowest BCUT2D eigenvalue weighted by Crippen LogP contribution is -2.07. The molecule has 1 N–H and O–H groups in total. The van der Waals surface area contributed by atoms with Crippen LogP contribution in [0, 0.1) is 0 Å². The molecule has 0 bridgehead atoms. The second-order valence-corrected chi connectivity index (χ2v) is 13.3. The summed E-state index contributed by atoms with van der Waals surface area (Å²) in [5.41, 5.74) is 5.61. The van der Waals surface area contributed by atoms with Gasteiger partial charge < -0.3 is 9.30 Å². The molecule has 3 heterocycles. The molecule has 9 rings (SSSR count). The van der Waals surface area contributed by atoms with Crippen molar-refractivity contribution in [3.8, 4) is 40.2 Å². The van der Waals surface area contributed by atoms with E-state index in [4.69, 9.17) is 19.7 Å². The summed E-state index contributed by atoms with van der Waals surface area (Å²) >= 11 is 0. The fourth-order valence-corrected chi connectivity index (χ4v) is 7.56. The van der Waals surface area contributed by atoms with Gasteiger partial charge in [0.2, 0.25) is 5.95 Å². The summed E-state index contributed by atoms with van der Waals surface area (Å²) in [7, 11) is -3.24. The summed E-state index contributed by atoms with van der Waals surface area (Å²) in [6.07, 6.45) is 0. The van der Waals surface area contributed by atoms with E-state index in [1.165, 1.54) is 13.2 Å². The Kier molecular flexibility index (Phi) is 6.77. The van der Waals surface area contributed by atoms with Crippen LogP contribution in [-0.2, 0) is 10.1 Å². The van der Waals surface area contributed by atoms with Gasteiger partial charge in [-0.05, 0) is 30.3 Å². The van der Waals surface area contributed by atoms with Crippen molar-refractivity contribution in [2.24, 2.45) is 0 Å². The third-order valence-corrected chi connectivity index (χ3v) is 9.91. The van der Waals surface area contributed by atoms with Crippen LogP contribution in [0.5, 0.6) is 5.75 Å². The van der Waals surface area contributed by atoms with Gasteiger partial charge in [0.05, 0.1) is 29.2 Å². The van der Waals surface area contributed by atoms with Crippen molar-refractivity contribution in [2.45, 2.75) is 4.90 Å². The average Bonchev–Trinajstić information content (AvgIpc) is 3.68. The van der Waals surface area contributed by atoms with Crippen molar-refractivity contribution in [1.82, 2.24) is 24.1 Å². The number of methoxy groups -OCH3 is 1. The molecule has 0 atom stereocenters. The van der Waals surface area contributed by atoms with Crippen LogP contribution in [0.15, 0.2) is 144 Å². The lowest BCUT2D eigenvalue weighted by Gasteiger charge is -2.14. The first-order valence-electron chi connectivity index (χ1n) is 15.9. The molecule has 0 amide bonds. The molecule has 0 spiro atoms. The van der Waals surface area contributed by atoms with Gasteiger partial charge in [-0.2, -0.15) is 18.4 Å². The first-order chi connectivity index (χ1) is 24.4. The molecule has 0 radical (unpaired) electrons. The molecule has 0 aliphatic carbocycles. The smallest absolute Gasteiger partial charge is 0.298 e. The number of hydrogen-bond donors (Lipinski definition) is 1. The SMILES string of the molecule is COc1ccc(-n2c3ccccc3c3ccc4c5ccccc5n(-c5nc(-c6ccccc6)nc(-c6ccccc6)n5)c4c32)cc1S(=O)(=O)O. The number of rotatable bonds is 6. The van der Waals surface area contributed by atoms with Crippen LogP contribution in [0.1, 0.15) is 0 Å². The molecule has 242 valence electrons. The lowest BCUT2D eigenvalue weighted by atomic mass is 10.1. The van der Waals surface area contributed by atoms with E-state index in [9.17, 15) is 13.0 Å². The zero-order valence-electron chi connectivity index (χ0n) is 26.6. The highest BCUT2D eigenvalue weighted by Gasteiger charge is 2.25. The van der Waals surface area contributed by atoms with Gasteiger partial charge in [0.15, 0.2) is 11.6 Å². The van der Waals surface area contributed by atoms with Gasteiger partial charge in [-0.25, -0.2) is 4.98 Å². The van der Waals surface area contributed by atoms with Crippen LogP contribution in [0.3, 0.4) is 0 Å². The minimum absolute atomic E-state index is 0.0448. The number of nitrogens with zero attached hydrogens (tertiary/aromatic N) is 5. The topological polar surface area (TPSA) is 112 Å². The summed E-state index contributed by atoms with van der Waals surface area (Å²) in [6, 6.07) is 44.7. The number of benzene rings is 6. The van der Waals surface area contributed by atoms with E-state index in [1.807, 2.05) is 108 Å². The highest BCUT2D eigenvalue weighted by Crippen LogP contribution is 2.42. The number of para-hydroxylation sites is 2. The molecule has 0 aliphatic rings. The van der Waals surface area contributed by atoms with Crippen LogP contribution in [0.2, 0.25) is 0 Å². The standard InChI is InChI=1S/C40H27N5O4S/c1-49-34-23-20-27(24-35(34)50(46,47)48)44-32-18-10-8-16-28(32)30-21-22-31-29-17-9-11-19-33(29)45(37(31)36(30)44)40-42-38(25-12-4-2-5-13-25)41-39(43-40)26-14-6-3-7-15-26/h2-24H,1H3,(H,46,47,48). The normalized spacial score (nSPS) is 12.0. The Morgan fingerprint density at radius 1 is 0.560 bits per heavy atom. The highest BCUT2D eigenvalue weighted by atomic mass is 32.2. The van der Waals surface area contributed by atoms with Crippen LogP contribution in [0.25, 0.3) is 78.0 Å². The predicted molar refractivity (Wildman–Crippen MR) is 196 cm³/mol. The van der Waals surface area contributed by atoms with Gasteiger partial charge in [-0.15, -0.1) is 0 Å². The summed E-state index contributed by atoms with van der Waals surface area (Å²) in [4.78, 5) is 14.8. The third kappa shape index (κ3) is 4.65. The van der Waals surface area contributed by atoms with E-state index in [0.29, 0.717) is 23.3 Å². The molecular formula is C40H27N5O4S. The fourth-order valence-electron chi connectivity index (χ4n) is 6.88. The third-order valence-electron chi connectivity index (χ3n) is 9.04. The molecule has 0 unspecified atom stereocenters. The lowest BCUT2D eigenvalue weighted by molar-refractivity contribution is 0.397. The molecule has 9 nitrogen and oxygen atoms in total. The molecule has 50 heavy (non-hydrogen) atoms. The molecular weight excluding hydrogens is 647 g/mol. The Labute approximate surface area is 286 Å². The Bertz CT molecular complexity index is 2830. The molecule has 0 fully saturated rings. The van der Waals surface area contributed by atoms with Crippen molar-refractivity contribution in [3.63, 3.8) is 0 Å². The van der Waals surface area contributed by atoms with Crippen LogP contribution in [0.4, 0.5) is 0 Å². The molecule has 9 aromatic rings. The molecule has 0 saturated carbocycles. The maximum atomic E-state index is 12.6. The number of hydrogen-bond acceptors (Lipinski definition) is 6. The average molecular weight is 674 g/mol. The van der Waals surface area contributed by atoms with Crippen LogP contribution >= 0.6 is 0 Å². The van der Waals surface area contributed by atoms with Gasteiger partial charge in [0.1, 0.15) is 10.6 Å². The van der Waals surface area contributed by atoms with E-state index in [1.54, 1.807) is 12.1 Å². The Hall–Kier alpha value is -6.36. The molecule has 6 aromatic carbocycles. The highest BCUT2D eigenvalue weighted by molar-refractivity contribution is 7.86. The molecule has 0 aliphatic heterocycles. The fraction of sp³-hybridized carbons (Fsp3) is 0.0250. The molecule has 3 aromatic heterocycles. The Morgan fingerprint density at radius 3 is 1.60 bits per heavy atom. The monoisotopic (exact) mass is 673 g/mol. The quantitative estimate of drug-likeness (QED) is 0.176. The van der Waals surface area contributed by atoms with Gasteiger partial charge in [-0.1, -0.05) is 109 Å². The predicted octanol–water partition coefficient (Wildman–Crippen LogP) is 8.66. The maximum Gasteiger partial charge on any atom is 0.298 e. The van der Waals surface area contributed by atoms with E-state index in [-0.39, 0.29) is 10.6 Å². The van der Waals surface area contributed by atoms with Gasteiger partial charge in [-0.3, -0.25) is 9.12 Å². The van der Waals surface area contributed by atoms with E-state index in [2.05, 4.69) is 22.8 Å². The summed E-state index contributed by atoms with van der Waals surface area (Å²) < 4.78 is 44.8. The van der Waals surface area contributed by atoms with Crippen molar-refractivity contribution in [2.75, 3.05) is 7.11 Å². The summed E-state index contributed by atoms with van der Waals surface area (Å²) in [5.74, 6) is 1.53. The minimum Gasteiger partial charge on any atom is -0.495 e. The van der Waals surface area contributed by atoms with Crippen molar-refractivity contribution in [3.05, 3.63) is 140 Å². The Balaban J connectivity index is 1.46. The number of aromatic nitrogens is 5. The second-order valence-electron chi connectivity index (χ2n) is 11.9. The largest absolute Gasteiger partial charge is 0.495 e. The molecule has 10 heteroatoms. The number of ether oxygens (including phenoxy) is 1. The van der Waals surface area contributed by atoms with E-state index < -0.39 is 10.1 Å². The Morgan fingerprint density at radius 2 is 1.06 bits per heavy atom. The zero-order chi connectivity index (χ0) is 34.0. The van der Waals surface area contributed by atoms with Gasteiger partial charge in [0, 0.05) is 38.4 Å². The number of fused-ring (bicyclic) bond motifs is 7. The van der Waals surface area contributed by atoms with Crippen LogP contribution in [-0.4, -0.2) is 44.2 Å². The minimum atomic E-state index is -4.61. The van der Waals surface area contributed by atoms with Crippen LogP contribution < -0.4 is 4.74 Å². The maximum absolute atomic E-state index is 12.6. The van der Waals surface area contributed by atoms with Crippen molar-refractivity contribution >= 4 is 53.7 Å². The summed E-state index contributed by atoms with van der Waals surface area (Å²) in [6.45, 7) is 0.